The second-order valence-corrected chi connectivity index (χ2v) is 8.21. The fraction of sp³-hybridized carbons (Fsp3) is 0.241. The number of hydrogen-bond acceptors (Lipinski definition) is 8. The highest BCUT2D eigenvalue weighted by Gasteiger charge is 2.29. The molecule has 1 aromatic heterocycles. The molecule has 0 aliphatic carbocycles. The lowest BCUT2D eigenvalue weighted by molar-refractivity contribution is -0.140. The van der Waals surface area contributed by atoms with Gasteiger partial charge >= 0.3 is 5.97 Å². The third-order valence-electron chi connectivity index (χ3n) is 6.32. The van der Waals surface area contributed by atoms with Gasteiger partial charge in [0.2, 0.25) is 5.43 Å². The number of carbonyl (C=O) groups is 1. The topological polar surface area (TPSA) is 93.4 Å². The van der Waals surface area contributed by atoms with Crippen LogP contribution in [-0.2, 0) is 9.53 Å². The number of rotatable bonds is 9. The van der Waals surface area contributed by atoms with Crippen molar-refractivity contribution >= 4 is 16.9 Å². The van der Waals surface area contributed by atoms with Crippen LogP contribution in [0.2, 0.25) is 0 Å². The molecule has 0 radical (unpaired) electrons. The molecule has 0 spiro atoms. The minimum atomic E-state index is -0.609. The first-order valence-electron chi connectivity index (χ1n) is 11.5. The van der Waals surface area contributed by atoms with Crippen molar-refractivity contribution in [2.75, 3.05) is 35.5 Å². The normalized spacial score (nSPS) is 11.6. The van der Waals surface area contributed by atoms with Crippen molar-refractivity contribution < 1.29 is 32.9 Å². The van der Waals surface area contributed by atoms with Crippen LogP contribution in [0.15, 0.2) is 70.1 Å². The molecule has 0 fully saturated rings. The molecule has 0 N–H and O–H groups in total. The Labute approximate surface area is 214 Å². The molecule has 4 rings (SSSR count). The Kier molecular flexibility index (Phi) is 7.67. The number of hydrogen-bond donors (Lipinski definition) is 0. The monoisotopic (exact) mass is 504 g/mol. The zero-order chi connectivity index (χ0) is 26.5. The van der Waals surface area contributed by atoms with E-state index in [4.69, 9.17) is 28.1 Å². The number of methoxy groups -OCH3 is 5. The molecule has 1 unspecified atom stereocenters. The third-order valence-corrected chi connectivity index (χ3v) is 6.32. The van der Waals surface area contributed by atoms with Gasteiger partial charge in [-0.2, -0.15) is 0 Å². The minimum absolute atomic E-state index is 0.0431. The zero-order valence-corrected chi connectivity index (χ0v) is 21.3. The Morgan fingerprint density at radius 2 is 1.49 bits per heavy atom. The number of benzene rings is 3. The molecule has 4 aromatic rings. The van der Waals surface area contributed by atoms with Gasteiger partial charge in [-0.1, -0.05) is 18.2 Å². The molecular weight excluding hydrogens is 476 g/mol. The van der Waals surface area contributed by atoms with Crippen LogP contribution in [0.5, 0.6) is 23.0 Å². The summed E-state index contributed by atoms with van der Waals surface area (Å²) >= 11 is 0. The van der Waals surface area contributed by atoms with Gasteiger partial charge in [-0.05, 0) is 35.9 Å². The second-order valence-electron chi connectivity index (χ2n) is 8.21. The van der Waals surface area contributed by atoms with E-state index in [1.807, 2.05) is 6.07 Å². The van der Waals surface area contributed by atoms with Crippen LogP contribution in [0.25, 0.3) is 22.1 Å². The summed E-state index contributed by atoms with van der Waals surface area (Å²) in [5.74, 6) is 1.18. The van der Waals surface area contributed by atoms with Crippen LogP contribution in [0.1, 0.15) is 23.5 Å². The lowest BCUT2D eigenvalue weighted by Crippen LogP contribution is -2.14. The molecule has 1 heterocycles. The predicted molar refractivity (Wildman–Crippen MR) is 139 cm³/mol. The van der Waals surface area contributed by atoms with Gasteiger partial charge in [0.1, 0.15) is 34.8 Å². The Morgan fingerprint density at radius 3 is 2.11 bits per heavy atom. The van der Waals surface area contributed by atoms with E-state index in [2.05, 4.69) is 0 Å². The van der Waals surface area contributed by atoms with Crippen LogP contribution >= 0.6 is 0 Å². The fourth-order valence-electron chi connectivity index (χ4n) is 4.41. The van der Waals surface area contributed by atoms with E-state index in [0.29, 0.717) is 56.2 Å². The summed E-state index contributed by atoms with van der Waals surface area (Å²) in [4.78, 5) is 26.2. The average Bonchev–Trinajstić information content (AvgIpc) is 2.95. The summed E-state index contributed by atoms with van der Waals surface area (Å²) in [5.41, 5.74) is 2.41. The standard InChI is InChI=1S/C29H28O8/c1-32-18-8-6-17(7-9-18)23-16-37-29-21(28(23)31)12-13-24(34-3)27(29)22(15-26(30)36-5)20-11-10-19(33-2)14-25(20)35-4/h6-14,16,22H,15H2,1-5H3. The van der Waals surface area contributed by atoms with Crippen LogP contribution in [-0.4, -0.2) is 41.5 Å². The smallest absolute Gasteiger partial charge is 0.306 e. The quantitative estimate of drug-likeness (QED) is 0.288. The number of ether oxygens (including phenoxy) is 5. The van der Waals surface area contributed by atoms with Crippen molar-refractivity contribution in [1.82, 2.24) is 0 Å². The fourth-order valence-corrected chi connectivity index (χ4v) is 4.41. The second kappa shape index (κ2) is 11.1. The van der Waals surface area contributed by atoms with Gasteiger partial charge in [0, 0.05) is 23.1 Å². The largest absolute Gasteiger partial charge is 0.497 e. The Bertz CT molecular complexity index is 1470. The van der Waals surface area contributed by atoms with E-state index in [1.165, 1.54) is 27.6 Å². The first kappa shape index (κ1) is 25.6. The van der Waals surface area contributed by atoms with Crippen LogP contribution in [0.4, 0.5) is 0 Å². The predicted octanol–water partition coefficient (Wildman–Crippen LogP) is 5.19. The number of esters is 1. The maximum absolute atomic E-state index is 13.6. The lowest BCUT2D eigenvalue weighted by Gasteiger charge is -2.23. The molecule has 0 aliphatic heterocycles. The summed E-state index contributed by atoms with van der Waals surface area (Å²) < 4.78 is 33.0. The summed E-state index contributed by atoms with van der Waals surface area (Å²) in [7, 11) is 7.52. The van der Waals surface area contributed by atoms with E-state index in [9.17, 15) is 9.59 Å². The van der Waals surface area contributed by atoms with Crippen molar-refractivity contribution in [3.63, 3.8) is 0 Å². The minimum Gasteiger partial charge on any atom is -0.497 e. The van der Waals surface area contributed by atoms with Gasteiger partial charge in [-0.25, -0.2) is 0 Å². The Hall–Kier alpha value is -4.46. The summed E-state index contributed by atoms with van der Waals surface area (Å²) in [6, 6.07) is 15.8. The van der Waals surface area contributed by atoms with E-state index in [-0.39, 0.29) is 11.8 Å². The molecule has 37 heavy (non-hydrogen) atoms. The van der Waals surface area contributed by atoms with Crippen LogP contribution < -0.4 is 24.4 Å². The summed E-state index contributed by atoms with van der Waals surface area (Å²) in [6.45, 7) is 0. The van der Waals surface area contributed by atoms with Gasteiger partial charge in [-0.15, -0.1) is 0 Å². The van der Waals surface area contributed by atoms with Crippen LogP contribution in [0, 0.1) is 0 Å². The maximum atomic E-state index is 13.6. The van der Waals surface area contributed by atoms with Crippen molar-refractivity contribution in [1.29, 1.82) is 0 Å². The number of fused-ring (bicyclic) bond motifs is 1. The van der Waals surface area contributed by atoms with E-state index >= 15 is 0 Å². The molecule has 0 amide bonds. The first-order chi connectivity index (χ1) is 17.9. The lowest BCUT2D eigenvalue weighted by atomic mass is 9.85. The molecule has 3 aromatic carbocycles. The van der Waals surface area contributed by atoms with Gasteiger partial charge in [0.05, 0.1) is 52.9 Å². The molecule has 0 saturated carbocycles. The molecule has 192 valence electrons. The molecule has 0 saturated heterocycles. The van der Waals surface area contributed by atoms with E-state index < -0.39 is 11.9 Å². The van der Waals surface area contributed by atoms with Crippen molar-refractivity contribution in [2.45, 2.75) is 12.3 Å². The SMILES string of the molecule is COC(=O)CC(c1ccc(OC)cc1OC)c1c(OC)ccc2c(=O)c(-c3ccc(OC)cc3)coc12. The molecule has 1 atom stereocenters. The molecule has 0 bridgehead atoms. The Balaban J connectivity index is 1.97. The van der Waals surface area contributed by atoms with Gasteiger partial charge in [0.15, 0.2) is 0 Å². The highest BCUT2D eigenvalue weighted by atomic mass is 16.5. The summed E-state index contributed by atoms with van der Waals surface area (Å²) in [6.07, 6.45) is 1.38. The van der Waals surface area contributed by atoms with Crippen molar-refractivity contribution in [3.8, 4) is 34.1 Å². The van der Waals surface area contributed by atoms with E-state index in [0.717, 1.165) is 0 Å². The van der Waals surface area contributed by atoms with Gasteiger partial charge in [0.25, 0.3) is 0 Å². The van der Waals surface area contributed by atoms with Gasteiger partial charge < -0.3 is 28.1 Å². The molecule has 0 aliphatic rings. The van der Waals surface area contributed by atoms with Crippen molar-refractivity contribution in [3.05, 3.63) is 82.2 Å². The third kappa shape index (κ3) is 4.95. The molecular formula is C29H28O8. The van der Waals surface area contributed by atoms with E-state index in [1.54, 1.807) is 62.8 Å². The maximum Gasteiger partial charge on any atom is 0.306 e. The number of carbonyl (C=O) groups excluding carboxylic acids is 1. The molecule has 8 heteroatoms. The highest BCUT2D eigenvalue weighted by molar-refractivity contribution is 5.87. The highest BCUT2D eigenvalue weighted by Crippen LogP contribution is 2.43. The zero-order valence-electron chi connectivity index (χ0n) is 21.3. The average molecular weight is 505 g/mol. The Morgan fingerprint density at radius 1 is 0.811 bits per heavy atom. The van der Waals surface area contributed by atoms with Gasteiger partial charge in [-0.3, -0.25) is 9.59 Å². The summed E-state index contributed by atoms with van der Waals surface area (Å²) in [5, 5.41) is 0.353. The molecule has 8 nitrogen and oxygen atoms in total. The van der Waals surface area contributed by atoms with Crippen LogP contribution in [0.3, 0.4) is 0 Å². The first-order valence-corrected chi connectivity index (χ1v) is 11.5. The van der Waals surface area contributed by atoms with Crippen molar-refractivity contribution in [2.24, 2.45) is 0 Å².